The summed E-state index contributed by atoms with van der Waals surface area (Å²) < 4.78 is 5.36. The molecule has 0 spiro atoms. The van der Waals surface area contributed by atoms with Crippen LogP contribution in [-0.4, -0.2) is 13.1 Å². The molecule has 0 saturated heterocycles. The Labute approximate surface area is 82.7 Å². The predicted molar refractivity (Wildman–Crippen MR) is 50.9 cm³/mol. The number of methoxy groups -OCH3 is 1. The van der Waals surface area contributed by atoms with Crippen LogP contribution in [0.1, 0.15) is 4.88 Å². The van der Waals surface area contributed by atoms with Gasteiger partial charge in [0.15, 0.2) is 0 Å². The summed E-state index contributed by atoms with van der Waals surface area (Å²) in [6, 6.07) is 3.72. The van der Waals surface area contributed by atoms with Gasteiger partial charge in [-0.2, -0.15) is 0 Å². The van der Waals surface area contributed by atoms with E-state index in [1.165, 1.54) is 18.4 Å². The third-order valence-electron chi connectivity index (χ3n) is 1.05. The summed E-state index contributed by atoms with van der Waals surface area (Å²) in [7, 11) is 1.31. The van der Waals surface area contributed by atoms with Crippen LogP contribution in [0, 0.1) is 11.8 Å². The molecular weight excluding hydrogens is 240 g/mol. The topological polar surface area (TPSA) is 26.3 Å². The minimum atomic E-state index is -0.514. The normalized spacial score (nSPS) is 8.50. The van der Waals surface area contributed by atoms with Gasteiger partial charge in [-0.05, 0) is 34.0 Å². The molecule has 1 aromatic heterocycles. The first-order chi connectivity index (χ1) is 5.72. The first-order valence-corrected chi connectivity index (χ1v) is 4.68. The van der Waals surface area contributed by atoms with Crippen LogP contribution in [0.4, 0.5) is 0 Å². The number of ether oxygens (including phenoxy) is 1. The molecule has 1 aromatic rings. The van der Waals surface area contributed by atoms with Crippen molar-refractivity contribution < 1.29 is 9.53 Å². The highest BCUT2D eigenvalue weighted by atomic mass is 79.9. The van der Waals surface area contributed by atoms with Gasteiger partial charge in [0.2, 0.25) is 0 Å². The van der Waals surface area contributed by atoms with E-state index in [1.54, 1.807) is 0 Å². The minimum absolute atomic E-state index is 0.514. The van der Waals surface area contributed by atoms with Crippen LogP contribution >= 0.6 is 27.3 Å². The first-order valence-electron chi connectivity index (χ1n) is 3.07. The van der Waals surface area contributed by atoms with Crippen molar-refractivity contribution in [2.45, 2.75) is 0 Å². The molecule has 2 nitrogen and oxygen atoms in total. The zero-order valence-corrected chi connectivity index (χ0v) is 8.66. The fraction of sp³-hybridized carbons (Fsp3) is 0.125. The highest BCUT2D eigenvalue weighted by Crippen LogP contribution is 2.20. The molecule has 0 N–H and O–H groups in total. The van der Waals surface area contributed by atoms with Crippen molar-refractivity contribution in [1.29, 1.82) is 0 Å². The van der Waals surface area contributed by atoms with Crippen LogP contribution < -0.4 is 0 Å². The Morgan fingerprint density at radius 2 is 2.42 bits per heavy atom. The van der Waals surface area contributed by atoms with Gasteiger partial charge in [0, 0.05) is 5.92 Å². The number of thiophene rings is 1. The SMILES string of the molecule is COC(=O)C#Cc1ccc(Br)s1. The fourth-order valence-electron chi connectivity index (χ4n) is 0.545. The standard InChI is InChI=1S/C8H5BrO2S/c1-11-8(10)5-3-6-2-4-7(9)12-6/h2,4H,1H3. The molecule has 0 saturated carbocycles. The molecule has 0 aliphatic heterocycles. The Balaban J connectivity index is 2.73. The molecule has 1 rings (SSSR count). The summed E-state index contributed by atoms with van der Waals surface area (Å²) in [6.07, 6.45) is 0. The highest BCUT2D eigenvalue weighted by molar-refractivity contribution is 9.11. The van der Waals surface area contributed by atoms with E-state index in [1.807, 2.05) is 12.1 Å². The molecule has 0 amide bonds. The van der Waals surface area contributed by atoms with Gasteiger partial charge in [-0.1, -0.05) is 0 Å². The summed E-state index contributed by atoms with van der Waals surface area (Å²) in [5.41, 5.74) is 0. The fourth-order valence-corrected chi connectivity index (χ4v) is 1.78. The molecule has 62 valence electrons. The lowest BCUT2D eigenvalue weighted by atomic mass is 10.4. The van der Waals surface area contributed by atoms with Crippen molar-refractivity contribution in [1.82, 2.24) is 0 Å². The van der Waals surface area contributed by atoms with E-state index in [2.05, 4.69) is 32.5 Å². The molecule has 0 aromatic carbocycles. The van der Waals surface area contributed by atoms with E-state index < -0.39 is 5.97 Å². The van der Waals surface area contributed by atoms with Crippen molar-refractivity contribution in [3.05, 3.63) is 20.8 Å². The maximum absolute atomic E-state index is 10.6. The lowest BCUT2D eigenvalue weighted by Crippen LogP contribution is -1.93. The summed E-state index contributed by atoms with van der Waals surface area (Å²) in [5.74, 6) is 4.51. The van der Waals surface area contributed by atoms with Crippen LogP contribution in [-0.2, 0) is 9.53 Å². The van der Waals surface area contributed by atoms with E-state index in [0.717, 1.165) is 8.66 Å². The maximum atomic E-state index is 10.6. The molecule has 4 heteroatoms. The van der Waals surface area contributed by atoms with E-state index in [0.29, 0.717) is 0 Å². The molecular formula is C8H5BrO2S. The second kappa shape index (κ2) is 4.29. The van der Waals surface area contributed by atoms with Crippen LogP contribution in [0.25, 0.3) is 0 Å². The van der Waals surface area contributed by atoms with Crippen LogP contribution in [0.2, 0.25) is 0 Å². The van der Waals surface area contributed by atoms with Gasteiger partial charge in [0.05, 0.1) is 15.8 Å². The van der Waals surface area contributed by atoms with Gasteiger partial charge < -0.3 is 4.74 Å². The Morgan fingerprint density at radius 3 is 2.92 bits per heavy atom. The van der Waals surface area contributed by atoms with Gasteiger partial charge in [0.25, 0.3) is 0 Å². The Bertz CT molecular complexity index is 345. The molecule has 12 heavy (non-hydrogen) atoms. The number of esters is 1. The third kappa shape index (κ3) is 2.68. The lowest BCUT2D eigenvalue weighted by molar-refractivity contribution is -0.133. The number of carbonyl (C=O) groups is 1. The molecule has 0 atom stereocenters. The maximum Gasteiger partial charge on any atom is 0.384 e. The number of halogens is 1. The highest BCUT2D eigenvalue weighted by Gasteiger charge is 1.93. The summed E-state index contributed by atoms with van der Waals surface area (Å²) >= 11 is 4.77. The first kappa shape index (κ1) is 9.30. The van der Waals surface area contributed by atoms with Crippen LogP contribution in [0.5, 0.6) is 0 Å². The molecule has 0 unspecified atom stereocenters. The van der Waals surface area contributed by atoms with Gasteiger partial charge >= 0.3 is 5.97 Å². The van der Waals surface area contributed by atoms with Crippen molar-refractivity contribution in [2.24, 2.45) is 0 Å². The van der Waals surface area contributed by atoms with Crippen LogP contribution in [0.15, 0.2) is 15.9 Å². The van der Waals surface area contributed by atoms with Crippen molar-refractivity contribution in [3.63, 3.8) is 0 Å². The van der Waals surface area contributed by atoms with E-state index >= 15 is 0 Å². The quantitative estimate of drug-likeness (QED) is 0.516. The zero-order valence-electron chi connectivity index (χ0n) is 6.26. The van der Waals surface area contributed by atoms with Gasteiger partial charge in [-0.25, -0.2) is 4.79 Å². The van der Waals surface area contributed by atoms with E-state index in [-0.39, 0.29) is 0 Å². The zero-order chi connectivity index (χ0) is 8.97. The Morgan fingerprint density at radius 1 is 1.67 bits per heavy atom. The summed E-state index contributed by atoms with van der Waals surface area (Å²) in [6.45, 7) is 0. The van der Waals surface area contributed by atoms with E-state index in [9.17, 15) is 4.79 Å². The Kier molecular flexibility index (Phi) is 3.32. The third-order valence-corrected chi connectivity index (χ3v) is 2.59. The Hall–Kier alpha value is -0.790. The van der Waals surface area contributed by atoms with Crippen LogP contribution in [0.3, 0.4) is 0 Å². The lowest BCUT2D eigenvalue weighted by Gasteiger charge is -1.83. The van der Waals surface area contributed by atoms with Crippen molar-refractivity contribution >= 4 is 33.2 Å². The largest absolute Gasteiger partial charge is 0.459 e. The molecule has 0 aliphatic rings. The molecule has 0 bridgehead atoms. The average Bonchev–Trinajstić information content (AvgIpc) is 2.47. The molecule has 0 fully saturated rings. The number of rotatable bonds is 0. The minimum Gasteiger partial charge on any atom is -0.459 e. The summed E-state index contributed by atoms with van der Waals surface area (Å²) in [4.78, 5) is 11.4. The van der Waals surface area contributed by atoms with Gasteiger partial charge in [-0.3, -0.25) is 0 Å². The van der Waals surface area contributed by atoms with Gasteiger partial charge in [-0.15, -0.1) is 11.3 Å². The van der Waals surface area contributed by atoms with Crippen molar-refractivity contribution in [2.75, 3.05) is 7.11 Å². The summed E-state index contributed by atoms with van der Waals surface area (Å²) in [5, 5.41) is 0. The second-order valence-corrected chi connectivity index (χ2v) is 4.31. The number of hydrogen-bond donors (Lipinski definition) is 0. The smallest absolute Gasteiger partial charge is 0.384 e. The number of hydrogen-bond acceptors (Lipinski definition) is 3. The average molecular weight is 245 g/mol. The molecule has 0 radical (unpaired) electrons. The number of carbonyl (C=O) groups excluding carboxylic acids is 1. The van der Waals surface area contributed by atoms with Gasteiger partial charge in [0.1, 0.15) is 0 Å². The monoisotopic (exact) mass is 244 g/mol. The molecule has 1 heterocycles. The second-order valence-electron chi connectivity index (χ2n) is 1.85. The molecule has 0 aliphatic carbocycles. The predicted octanol–water partition coefficient (Wildman–Crippen LogP) is 2.04. The van der Waals surface area contributed by atoms with E-state index in [4.69, 9.17) is 0 Å². The van der Waals surface area contributed by atoms with Crippen molar-refractivity contribution in [3.8, 4) is 11.8 Å².